The fraction of sp³-hybridized carbons (Fsp3) is 0.889. The number of carbonyl (C=O) groups is 1. The molecule has 0 saturated heterocycles. The van der Waals surface area contributed by atoms with Gasteiger partial charge in [-0.2, -0.15) is 0 Å². The van der Waals surface area contributed by atoms with Gasteiger partial charge in [-0.1, -0.05) is 13.8 Å². The summed E-state index contributed by atoms with van der Waals surface area (Å²) in [6.07, 6.45) is 1.68. The average Bonchev–Trinajstić information content (AvgIpc) is 2.17. The van der Waals surface area contributed by atoms with Gasteiger partial charge in [0.25, 0.3) is 0 Å². The minimum atomic E-state index is -0.366. The Balaban J connectivity index is 3.67. The molecule has 4 nitrogen and oxygen atoms in total. The molecule has 0 rings (SSSR count). The molecular weight excluding hydrogens is 170 g/mol. The molecule has 13 heavy (non-hydrogen) atoms. The van der Waals surface area contributed by atoms with Crippen LogP contribution in [0.2, 0.25) is 0 Å². The van der Waals surface area contributed by atoms with Crippen LogP contribution in [0.1, 0.15) is 26.7 Å². The van der Waals surface area contributed by atoms with Gasteiger partial charge in [-0.3, -0.25) is 0 Å². The summed E-state index contributed by atoms with van der Waals surface area (Å²) in [7, 11) is 1.33. The molecule has 2 N–H and O–H groups in total. The van der Waals surface area contributed by atoms with Gasteiger partial charge < -0.3 is 15.2 Å². The fourth-order valence-corrected chi connectivity index (χ4v) is 0.851. The van der Waals surface area contributed by atoms with Crippen LogP contribution < -0.4 is 5.73 Å². The lowest BCUT2D eigenvalue weighted by Crippen LogP contribution is -2.43. The monoisotopic (exact) mass is 189 g/mol. The molecule has 78 valence electrons. The van der Waals surface area contributed by atoms with Gasteiger partial charge in [0, 0.05) is 5.54 Å². The van der Waals surface area contributed by atoms with Crippen LogP contribution in [0.15, 0.2) is 0 Å². The van der Waals surface area contributed by atoms with Crippen molar-refractivity contribution in [2.45, 2.75) is 32.2 Å². The number of hydrogen-bond acceptors (Lipinski definition) is 4. The van der Waals surface area contributed by atoms with E-state index in [1.807, 2.05) is 13.8 Å². The number of rotatable bonds is 6. The molecule has 0 fully saturated rings. The molecule has 0 saturated carbocycles. The molecule has 0 atom stereocenters. The quantitative estimate of drug-likeness (QED) is 0.624. The minimum absolute atomic E-state index is 0.0184. The molecule has 0 aromatic carbocycles. The number of esters is 1. The lowest BCUT2D eigenvalue weighted by atomic mass is 9.96. The van der Waals surface area contributed by atoms with E-state index < -0.39 is 0 Å². The molecule has 0 aliphatic carbocycles. The number of ether oxygens (including phenoxy) is 2. The van der Waals surface area contributed by atoms with E-state index in [1.165, 1.54) is 7.11 Å². The molecule has 0 aliphatic rings. The molecule has 0 aliphatic heterocycles. The summed E-state index contributed by atoms with van der Waals surface area (Å²) in [5.74, 6) is -0.366. The molecular formula is C9H19NO3. The maximum absolute atomic E-state index is 10.7. The zero-order chi connectivity index (χ0) is 10.3. The molecule has 0 aromatic heterocycles. The van der Waals surface area contributed by atoms with Crippen molar-refractivity contribution in [1.82, 2.24) is 0 Å². The van der Waals surface area contributed by atoms with E-state index in [4.69, 9.17) is 10.5 Å². The highest BCUT2D eigenvalue weighted by Gasteiger charge is 2.20. The summed E-state index contributed by atoms with van der Waals surface area (Å²) in [5, 5.41) is 0. The van der Waals surface area contributed by atoms with Crippen molar-refractivity contribution in [2.24, 2.45) is 5.73 Å². The van der Waals surface area contributed by atoms with Gasteiger partial charge in [-0.15, -0.1) is 0 Å². The van der Waals surface area contributed by atoms with E-state index in [1.54, 1.807) is 0 Å². The number of nitrogens with two attached hydrogens (primary N) is 1. The normalized spacial score (nSPS) is 11.4. The van der Waals surface area contributed by atoms with Crippen molar-refractivity contribution in [1.29, 1.82) is 0 Å². The first-order valence-corrected chi connectivity index (χ1v) is 4.51. The van der Waals surface area contributed by atoms with E-state index in [9.17, 15) is 4.79 Å². The first-order chi connectivity index (χ1) is 6.08. The molecule has 0 amide bonds. The fourth-order valence-electron chi connectivity index (χ4n) is 0.851. The van der Waals surface area contributed by atoms with Crippen LogP contribution in [-0.2, 0) is 14.3 Å². The Kier molecular flexibility index (Phi) is 5.66. The summed E-state index contributed by atoms with van der Waals surface area (Å²) in [6, 6.07) is 0. The average molecular weight is 189 g/mol. The molecule has 0 bridgehead atoms. The predicted octanol–water partition coefficient (Wildman–Crippen LogP) is 0.693. The Morgan fingerprint density at radius 2 is 1.92 bits per heavy atom. The van der Waals surface area contributed by atoms with Crippen LogP contribution >= 0.6 is 0 Å². The second kappa shape index (κ2) is 5.94. The molecule has 0 aromatic rings. The largest absolute Gasteiger partial charge is 0.467 e. The second-order valence-corrected chi connectivity index (χ2v) is 3.14. The van der Waals surface area contributed by atoms with Gasteiger partial charge in [-0.25, -0.2) is 4.79 Å². The maximum atomic E-state index is 10.7. The summed E-state index contributed by atoms with van der Waals surface area (Å²) >= 11 is 0. The van der Waals surface area contributed by atoms with Crippen LogP contribution in [0.25, 0.3) is 0 Å². The SMILES string of the molecule is CCC(N)(CC)COCC(=O)OC. The van der Waals surface area contributed by atoms with Crippen LogP contribution in [-0.4, -0.2) is 31.8 Å². The lowest BCUT2D eigenvalue weighted by Gasteiger charge is -2.25. The van der Waals surface area contributed by atoms with Gasteiger partial charge >= 0.3 is 5.97 Å². The third-order valence-corrected chi connectivity index (χ3v) is 2.25. The Labute approximate surface area is 79.4 Å². The van der Waals surface area contributed by atoms with Crippen molar-refractivity contribution in [3.05, 3.63) is 0 Å². The summed E-state index contributed by atoms with van der Waals surface area (Å²) in [5.41, 5.74) is 5.64. The third-order valence-electron chi connectivity index (χ3n) is 2.25. The standard InChI is InChI=1S/C9H19NO3/c1-4-9(10,5-2)7-13-6-8(11)12-3/h4-7,10H2,1-3H3. The summed E-state index contributed by atoms with van der Waals surface area (Å²) < 4.78 is 9.56. The summed E-state index contributed by atoms with van der Waals surface area (Å²) in [4.78, 5) is 10.7. The van der Waals surface area contributed by atoms with E-state index in [2.05, 4.69) is 4.74 Å². The van der Waals surface area contributed by atoms with E-state index in [0.29, 0.717) is 6.61 Å². The second-order valence-electron chi connectivity index (χ2n) is 3.14. The van der Waals surface area contributed by atoms with E-state index >= 15 is 0 Å². The van der Waals surface area contributed by atoms with Gasteiger partial charge in [0.2, 0.25) is 0 Å². The van der Waals surface area contributed by atoms with Crippen LogP contribution in [0.3, 0.4) is 0 Å². The topological polar surface area (TPSA) is 61.5 Å². The Morgan fingerprint density at radius 3 is 2.31 bits per heavy atom. The van der Waals surface area contributed by atoms with Gasteiger partial charge in [0.05, 0.1) is 13.7 Å². The van der Waals surface area contributed by atoms with Crippen molar-refractivity contribution >= 4 is 5.97 Å². The molecule has 4 heteroatoms. The van der Waals surface area contributed by atoms with Crippen molar-refractivity contribution in [2.75, 3.05) is 20.3 Å². The molecule has 0 unspecified atom stereocenters. The van der Waals surface area contributed by atoms with Gasteiger partial charge in [0.1, 0.15) is 6.61 Å². The maximum Gasteiger partial charge on any atom is 0.331 e. The van der Waals surface area contributed by atoms with Crippen molar-refractivity contribution in [3.63, 3.8) is 0 Å². The third kappa shape index (κ3) is 4.85. The van der Waals surface area contributed by atoms with E-state index in [-0.39, 0.29) is 18.1 Å². The smallest absolute Gasteiger partial charge is 0.331 e. The highest BCUT2D eigenvalue weighted by molar-refractivity contribution is 5.70. The molecule has 0 spiro atoms. The molecule has 0 heterocycles. The Bertz CT molecular complexity index is 155. The van der Waals surface area contributed by atoms with Gasteiger partial charge in [0.15, 0.2) is 0 Å². The van der Waals surface area contributed by atoms with Crippen molar-refractivity contribution < 1.29 is 14.3 Å². The zero-order valence-electron chi connectivity index (χ0n) is 8.63. The first-order valence-electron chi connectivity index (χ1n) is 4.51. The molecule has 0 radical (unpaired) electrons. The van der Waals surface area contributed by atoms with Crippen LogP contribution in [0.5, 0.6) is 0 Å². The zero-order valence-corrected chi connectivity index (χ0v) is 8.63. The predicted molar refractivity (Wildman–Crippen MR) is 50.3 cm³/mol. The number of methoxy groups -OCH3 is 1. The van der Waals surface area contributed by atoms with Crippen molar-refractivity contribution in [3.8, 4) is 0 Å². The number of carbonyl (C=O) groups excluding carboxylic acids is 1. The van der Waals surface area contributed by atoms with Crippen LogP contribution in [0.4, 0.5) is 0 Å². The lowest BCUT2D eigenvalue weighted by molar-refractivity contribution is -0.146. The Hall–Kier alpha value is -0.610. The first kappa shape index (κ1) is 12.4. The highest BCUT2D eigenvalue weighted by atomic mass is 16.6. The highest BCUT2D eigenvalue weighted by Crippen LogP contribution is 2.11. The van der Waals surface area contributed by atoms with Gasteiger partial charge in [-0.05, 0) is 12.8 Å². The van der Waals surface area contributed by atoms with Crippen LogP contribution in [0, 0.1) is 0 Å². The minimum Gasteiger partial charge on any atom is -0.467 e. The number of hydrogen-bond donors (Lipinski definition) is 1. The summed E-state index contributed by atoms with van der Waals surface area (Å²) in [6.45, 7) is 4.39. The van der Waals surface area contributed by atoms with E-state index in [0.717, 1.165) is 12.8 Å². The Morgan fingerprint density at radius 1 is 1.38 bits per heavy atom.